The van der Waals surface area contributed by atoms with Crippen molar-refractivity contribution in [2.75, 3.05) is 0 Å². The number of rotatable bonds is 7. The predicted octanol–water partition coefficient (Wildman–Crippen LogP) is 3.20. The maximum absolute atomic E-state index is 13.2. The topological polar surface area (TPSA) is 145 Å². The molecular formula is C25H23N5O3S. The molecule has 0 amide bonds. The molecule has 1 heterocycles. The molecule has 4 aromatic rings. The zero-order chi connectivity index (χ0) is 24.5. The lowest BCUT2D eigenvalue weighted by atomic mass is 10.0. The van der Waals surface area contributed by atoms with Gasteiger partial charge in [0.2, 0.25) is 10.0 Å². The van der Waals surface area contributed by atoms with Gasteiger partial charge in [0.15, 0.2) is 5.78 Å². The van der Waals surface area contributed by atoms with Gasteiger partial charge in [0.1, 0.15) is 11.5 Å². The highest BCUT2D eigenvalue weighted by atomic mass is 32.2. The molecule has 0 saturated carbocycles. The number of Topliss-reactive ketones (excluding diaryl/α,β-unsaturated/α-hetero) is 1. The highest BCUT2D eigenvalue weighted by Gasteiger charge is 2.18. The number of nitrogens with one attached hydrogen (secondary N) is 1. The maximum atomic E-state index is 13.2. The van der Waals surface area contributed by atoms with Crippen LogP contribution in [0.3, 0.4) is 0 Å². The summed E-state index contributed by atoms with van der Waals surface area (Å²) >= 11 is 0. The minimum Gasteiger partial charge on any atom is -0.384 e. The Morgan fingerprint density at radius 1 is 1.00 bits per heavy atom. The number of primary sulfonamides is 1. The standard InChI is InChI=1S/C25H23N5O3S/c1-16-13-22(30(29-16)20-6-4-5-19(15-20)25(26)27)23(31)14-17-9-11-18(12-10-17)21-7-2-3-8-24(21)34(28,32)33/h2-13,15H,14H2,1H3,(H3,26,27)(H2,28,32,33). The van der Waals surface area contributed by atoms with Crippen LogP contribution in [0.5, 0.6) is 0 Å². The third-order valence-electron chi connectivity index (χ3n) is 5.34. The van der Waals surface area contributed by atoms with Crippen LogP contribution in [0.4, 0.5) is 0 Å². The Balaban J connectivity index is 1.61. The van der Waals surface area contributed by atoms with Crippen molar-refractivity contribution < 1.29 is 13.2 Å². The van der Waals surface area contributed by atoms with Gasteiger partial charge in [-0.15, -0.1) is 0 Å². The van der Waals surface area contributed by atoms with E-state index in [4.69, 9.17) is 16.3 Å². The number of ketones is 1. The third-order valence-corrected chi connectivity index (χ3v) is 6.31. The first kappa shape index (κ1) is 23.1. The molecule has 0 atom stereocenters. The second kappa shape index (κ2) is 9.05. The smallest absolute Gasteiger partial charge is 0.238 e. The molecule has 9 heteroatoms. The van der Waals surface area contributed by atoms with Crippen LogP contribution in [0.25, 0.3) is 16.8 Å². The van der Waals surface area contributed by atoms with Crippen LogP contribution in [0.15, 0.2) is 83.8 Å². The van der Waals surface area contributed by atoms with Gasteiger partial charge in [-0.2, -0.15) is 5.10 Å². The van der Waals surface area contributed by atoms with Crippen molar-refractivity contribution in [2.45, 2.75) is 18.2 Å². The first-order chi connectivity index (χ1) is 16.1. The van der Waals surface area contributed by atoms with Gasteiger partial charge in [0.05, 0.1) is 16.3 Å². The molecule has 0 radical (unpaired) electrons. The minimum absolute atomic E-state index is 0.0472. The second-order valence-electron chi connectivity index (χ2n) is 7.88. The summed E-state index contributed by atoms with van der Waals surface area (Å²) in [6.07, 6.45) is 0.134. The first-order valence-electron chi connectivity index (χ1n) is 10.4. The Hall–Kier alpha value is -4.08. The molecule has 0 aliphatic rings. The highest BCUT2D eigenvalue weighted by molar-refractivity contribution is 7.89. The summed E-state index contributed by atoms with van der Waals surface area (Å²) in [4.78, 5) is 13.2. The van der Waals surface area contributed by atoms with Crippen LogP contribution in [-0.2, 0) is 16.4 Å². The second-order valence-corrected chi connectivity index (χ2v) is 9.41. The molecule has 8 nitrogen and oxygen atoms in total. The van der Waals surface area contributed by atoms with Crippen LogP contribution >= 0.6 is 0 Å². The van der Waals surface area contributed by atoms with E-state index in [1.54, 1.807) is 84.4 Å². The molecule has 0 saturated heterocycles. The molecule has 172 valence electrons. The molecule has 0 aliphatic heterocycles. The Bertz CT molecular complexity index is 1510. The lowest BCUT2D eigenvalue weighted by Crippen LogP contribution is -2.14. The Labute approximate surface area is 197 Å². The van der Waals surface area contributed by atoms with Gasteiger partial charge in [-0.3, -0.25) is 10.2 Å². The number of aryl methyl sites for hydroxylation is 1. The number of hydrogen-bond acceptors (Lipinski definition) is 5. The average molecular weight is 474 g/mol. The lowest BCUT2D eigenvalue weighted by Gasteiger charge is -2.10. The number of aromatic nitrogens is 2. The molecule has 0 fully saturated rings. The average Bonchev–Trinajstić information content (AvgIpc) is 3.21. The number of nitrogen functional groups attached to an aromatic ring is 1. The van der Waals surface area contributed by atoms with Crippen LogP contribution in [0.2, 0.25) is 0 Å². The quantitative estimate of drug-likeness (QED) is 0.214. The molecule has 0 aliphatic carbocycles. The van der Waals surface area contributed by atoms with E-state index in [0.717, 1.165) is 5.56 Å². The number of benzene rings is 3. The van der Waals surface area contributed by atoms with Crippen LogP contribution in [-0.4, -0.2) is 29.8 Å². The zero-order valence-electron chi connectivity index (χ0n) is 18.4. The molecule has 3 aromatic carbocycles. The number of nitrogens with zero attached hydrogens (tertiary/aromatic N) is 2. The van der Waals surface area contributed by atoms with Crippen LogP contribution in [0.1, 0.15) is 27.3 Å². The van der Waals surface area contributed by atoms with Gasteiger partial charge in [-0.25, -0.2) is 18.2 Å². The minimum atomic E-state index is -3.87. The van der Waals surface area contributed by atoms with Crippen LogP contribution in [0, 0.1) is 12.3 Å². The molecule has 0 spiro atoms. The van der Waals surface area contributed by atoms with Crippen molar-refractivity contribution in [3.05, 3.63) is 101 Å². The van der Waals surface area contributed by atoms with E-state index in [1.165, 1.54) is 6.07 Å². The van der Waals surface area contributed by atoms with Crippen molar-refractivity contribution in [3.63, 3.8) is 0 Å². The Morgan fingerprint density at radius 2 is 1.71 bits per heavy atom. The summed E-state index contributed by atoms with van der Waals surface area (Å²) in [5.41, 5.74) is 9.84. The molecule has 0 unspecified atom stereocenters. The van der Waals surface area contributed by atoms with E-state index in [-0.39, 0.29) is 22.9 Å². The van der Waals surface area contributed by atoms with Gasteiger partial charge in [-0.05, 0) is 42.3 Å². The van der Waals surface area contributed by atoms with E-state index >= 15 is 0 Å². The normalized spacial score (nSPS) is 11.4. The fraction of sp³-hybridized carbons (Fsp3) is 0.0800. The predicted molar refractivity (Wildman–Crippen MR) is 131 cm³/mol. The Kier molecular flexibility index (Phi) is 6.14. The van der Waals surface area contributed by atoms with Crippen molar-refractivity contribution >= 4 is 21.6 Å². The number of hydrogen-bond donors (Lipinski definition) is 3. The largest absolute Gasteiger partial charge is 0.384 e. The van der Waals surface area contributed by atoms with Crippen molar-refractivity contribution in [1.82, 2.24) is 9.78 Å². The fourth-order valence-corrected chi connectivity index (χ4v) is 4.49. The molecule has 1 aromatic heterocycles. The number of nitrogens with two attached hydrogens (primary N) is 2. The summed E-state index contributed by atoms with van der Waals surface area (Å²) in [7, 11) is -3.87. The number of amidine groups is 1. The summed E-state index contributed by atoms with van der Waals surface area (Å²) in [6, 6.07) is 22.3. The molecular weight excluding hydrogens is 450 g/mol. The fourth-order valence-electron chi connectivity index (χ4n) is 3.73. The first-order valence-corrected chi connectivity index (χ1v) is 11.9. The summed E-state index contributed by atoms with van der Waals surface area (Å²) in [6.45, 7) is 1.81. The van der Waals surface area contributed by atoms with Gasteiger partial charge in [0, 0.05) is 17.5 Å². The van der Waals surface area contributed by atoms with Crippen molar-refractivity contribution in [1.29, 1.82) is 5.41 Å². The molecule has 0 bridgehead atoms. The number of carbonyl (C=O) groups is 1. The zero-order valence-corrected chi connectivity index (χ0v) is 19.2. The third kappa shape index (κ3) is 4.80. The highest BCUT2D eigenvalue weighted by Crippen LogP contribution is 2.27. The van der Waals surface area contributed by atoms with Crippen molar-refractivity contribution in [3.8, 4) is 16.8 Å². The SMILES string of the molecule is Cc1cc(C(=O)Cc2ccc(-c3ccccc3S(N)(=O)=O)cc2)n(-c2cccc(C(=N)N)c2)n1. The number of carbonyl (C=O) groups excluding carboxylic acids is 1. The van der Waals surface area contributed by atoms with Gasteiger partial charge >= 0.3 is 0 Å². The van der Waals surface area contributed by atoms with Gasteiger partial charge < -0.3 is 5.73 Å². The number of sulfonamides is 1. The monoisotopic (exact) mass is 473 g/mol. The van der Waals surface area contributed by atoms with E-state index in [1.807, 2.05) is 0 Å². The summed E-state index contributed by atoms with van der Waals surface area (Å²) in [5.74, 6) is -0.200. The Morgan fingerprint density at radius 3 is 2.38 bits per heavy atom. The molecule has 4 rings (SSSR count). The molecule has 34 heavy (non-hydrogen) atoms. The van der Waals surface area contributed by atoms with E-state index < -0.39 is 10.0 Å². The molecule has 5 N–H and O–H groups in total. The van der Waals surface area contributed by atoms with E-state index in [0.29, 0.717) is 33.8 Å². The lowest BCUT2D eigenvalue weighted by molar-refractivity contribution is 0.0985. The maximum Gasteiger partial charge on any atom is 0.238 e. The van der Waals surface area contributed by atoms with Gasteiger partial charge in [0.25, 0.3) is 0 Å². The van der Waals surface area contributed by atoms with Gasteiger partial charge in [-0.1, -0.05) is 54.6 Å². The van der Waals surface area contributed by atoms with Crippen molar-refractivity contribution in [2.24, 2.45) is 10.9 Å². The van der Waals surface area contributed by atoms with E-state index in [2.05, 4.69) is 5.10 Å². The van der Waals surface area contributed by atoms with E-state index in [9.17, 15) is 13.2 Å². The summed E-state index contributed by atoms with van der Waals surface area (Å²) < 4.78 is 25.4. The summed E-state index contributed by atoms with van der Waals surface area (Å²) in [5, 5.41) is 17.4. The van der Waals surface area contributed by atoms with Crippen LogP contribution < -0.4 is 10.9 Å².